The third-order valence-corrected chi connectivity index (χ3v) is 7.42. The minimum Gasteiger partial charge on any atom is -0.273 e. The summed E-state index contributed by atoms with van der Waals surface area (Å²) in [7, 11) is 0. The van der Waals surface area contributed by atoms with Gasteiger partial charge in [-0.1, -0.05) is 76.3 Å². The van der Waals surface area contributed by atoms with Crippen molar-refractivity contribution >= 4 is 3.21 Å². The maximum Gasteiger partial charge on any atom is -0.109 e. The molecule has 0 aliphatic heterocycles. The van der Waals surface area contributed by atoms with Gasteiger partial charge in [0.15, 0.2) is 0 Å². The summed E-state index contributed by atoms with van der Waals surface area (Å²) in [5.41, 5.74) is 8.76. The molecule has 0 amide bonds. The average molecular weight is 560 g/mol. The van der Waals surface area contributed by atoms with Gasteiger partial charge in [-0.2, -0.15) is 35.4 Å². The van der Waals surface area contributed by atoms with Crippen molar-refractivity contribution < 1.29 is 24.2 Å². The third-order valence-electron chi connectivity index (χ3n) is 6.42. The van der Waals surface area contributed by atoms with Gasteiger partial charge in [0, 0.05) is 0 Å². The summed E-state index contributed by atoms with van der Waals surface area (Å²) in [5, 5.41) is 0. The Bertz CT molecular complexity index is 981. The summed E-state index contributed by atoms with van der Waals surface area (Å²) in [6.07, 6.45) is 13.7. The van der Waals surface area contributed by atoms with E-state index < -0.39 is 0 Å². The molecule has 0 radical (unpaired) electrons. The van der Waals surface area contributed by atoms with Crippen molar-refractivity contribution in [3.63, 3.8) is 0 Å². The summed E-state index contributed by atoms with van der Waals surface area (Å²) in [5.74, 6) is 1.71. The van der Waals surface area contributed by atoms with Gasteiger partial charge in [0.1, 0.15) is 0 Å². The van der Waals surface area contributed by atoms with Gasteiger partial charge >= 0.3 is 79.8 Å². The van der Waals surface area contributed by atoms with Gasteiger partial charge in [-0.15, -0.1) is 12.0 Å². The van der Waals surface area contributed by atoms with E-state index in [9.17, 15) is 0 Å². The molecule has 0 nitrogen and oxygen atoms in total. The first-order valence-corrected chi connectivity index (χ1v) is 14.9. The minimum atomic E-state index is 0.177. The molecule has 0 heterocycles. The molecule has 2 aromatic carbocycles. The fourth-order valence-corrected chi connectivity index (χ4v) is 6.40. The van der Waals surface area contributed by atoms with Gasteiger partial charge in [0.2, 0.25) is 0 Å². The molecule has 2 aliphatic rings. The second-order valence-electron chi connectivity index (χ2n) is 13.1. The number of fused-ring (bicyclic) bond motifs is 3. The monoisotopic (exact) mass is 558 g/mol. The molecule has 0 unspecified atom stereocenters. The SMILES string of the molecule is CC(C)(C)c1c[c-]c2c(c1)-c1cc(C(C)(C)C)ccc1C2.CC(C)C[C](=[Zr+2])CC(C)C.[C-]1=CC=CC1. The van der Waals surface area contributed by atoms with Crippen molar-refractivity contribution in [2.75, 3.05) is 0 Å². The molecule has 0 N–H and O–H groups in total. The average Bonchev–Trinajstić information content (AvgIpc) is 3.42. The van der Waals surface area contributed by atoms with E-state index in [0.29, 0.717) is 0 Å². The van der Waals surface area contributed by atoms with Crippen LogP contribution in [0.1, 0.15) is 111 Å². The van der Waals surface area contributed by atoms with Crippen LogP contribution < -0.4 is 0 Å². The van der Waals surface area contributed by atoms with Crippen molar-refractivity contribution in [1.82, 2.24) is 0 Å². The second kappa shape index (κ2) is 13.5. The molecule has 2 aromatic rings. The second-order valence-corrected chi connectivity index (χ2v) is 14.9. The predicted octanol–water partition coefficient (Wildman–Crippen LogP) is 9.76. The molecule has 0 fully saturated rings. The van der Waals surface area contributed by atoms with E-state index in [4.69, 9.17) is 0 Å². The van der Waals surface area contributed by atoms with Crippen LogP contribution in [0, 0.1) is 24.0 Å². The van der Waals surface area contributed by atoms with Crippen molar-refractivity contribution in [3.05, 3.63) is 83.0 Å². The number of rotatable bonds is 4. The van der Waals surface area contributed by atoms with Crippen molar-refractivity contribution in [2.24, 2.45) is 11.8 Å². The first-order valence-electron chi connectivity index (χ1n) is 13.6. The van der Waals surface area contributed by atoms with Crippen molar-refractivity contribution in [2.45, 2.75) is 106 Å². The molecule has 0 aromatic heterocycles. The summed E-state index contributed by atoms with van der Waals surface area (Å²) in [6.45, 7) is 22.8. The van der Waals surface area contributed by atoms with Crippen LogP contribution in [0.2, 0.25) is 0 Å². The van der Waals surface area contributed by atoms with Crippen LogP contribution in [0.4, 0.5) is 0 Å². The molecule has 2 aliphatic carbocycles. The van der Waals surface area contributed by atoms with Crippen LogP contribution in [0.25, 0.3) is 11.1 Å². The normalized spacial score (nSPS) is 13.7. The van der Waals surface area contributed by atoms with E-state index >= 15 is 0 Å². The largest absolute Gasteiger partial charge is 0.273 e. The molecule has 1 heteroatoms. The van der Waals surface area contributed by atoms with E-state index in [1.54, 1.807) is 27.4 Å². The Labute approximate surface area is 238 Å². The fraction of sp³-hybridized carbons (Fsp3) is 0.514. The molecular formula is C35H48Zr. The Morgan fingerprint density at radius 3 is 1.89 bits per heavy atom. The Morgan fingerprint density at radius 2 is 1.44 bits per heavy atom. The molecule has 192 valence electrons. The molecule has 4 rings (SSSR count). The number of hydrogen-bond acceptors (Lipinski definition) is 0. The smallest absolute Gasteiger partial charge is 0.109 e. The van der Waals surface area contributed by atoms with E-state index in [1.807, 2.05) is 12.2 Å². The standard InChI is InChI=1S/C21H25.C9H18.C5H5.Zr/c1-20(2,3)16-9-7-14-11-15-8-10-17(21(4,5)6)13-19(15)18(14)12-16;1-8(2)6-5-7-9(3)4;1-2-4-5-3-1;/h7,9-10,12-13H,11H2,1-6H3;8-9H,6-7H2,1-4H3;1-3H,4H2;/q-1;;-1;+2. The topological polar surface area (TPSA) is 0 Å². The first kappa shape index (κ1) is 30.9. The van der Waals surface area contributed by atoms with E-state index in [0.717, 1.165) is 24.7 Å². The summed E-state index contributed by atoms with van der Waals surface area (Å²) in [6, 6.07) is 15.1. The van der Waals surface area contributed by atoms with Crippen LogP contribution in [-0.4, -0.2) is 3.21 Å². The van der Waals surface area contributed by atoms with Gasteiger partial charge in [-0.05, 0) is 17.4 Å². The molecule has 0 spiro atoms. The zero-order chi connectivity index (χ0) is 27.1. The summed E-state index contributed by atoms with van der Waals surface area (Å²) in [4.78, 5) is 0. The van der Waals surface area contributed by atoms with Crippen molar-refractivity contribution in [3.8, 4) is 11.1 Å². The van der Waals surface area contributed by atoms with Crippen LogP contribution in [0.3, 0.4) is 0 Å². The van der Waals surface area contributed by atoms with Gasteiger partial charge in [0.05, 0.1) is 0 Å². The van der Waals surface area contributed by atoms with E-state index in [-0.39, 0.29) is 10.8 Å². The van der Waals surface area contributed by atoms with E-state index in [2.05, 4.69) is 118 Å². The first-order chi connectivity index (χ1) is 16.7. The minimum absolute atomic E-state index is 0.177. The predicted molar refractivity (Wildman–Crippen MR) is 156 cm³/mol. The van der Waals surface area contributed by atoms with Gasteiger partial charge in [-0.25, -0.2) is 12.2 Å². The maximum atomic E-state index is 3.53. The maximum absolute atomic E-state index is 3.53. The Hall–Kier alpha value is -1.33. The number of benzene rings is 2. The molecule has 0 saturated carbocycles. The van der Waals surface area contributed by atoms with Crippen molar-refractivity contribution in [1.29, 1.82) is 0 Å². The molecule has 0 saturated heterocycles. The summed E-state index contributed by atoms with van der Waals surface area (Å²) >= 11 is 1.65. The Morgan fingerprint density at radius 1 is 0.861 bits per heavy atom. The van der Waals surface area contributed by atoms with Crippen LogP contribution in [-0.2, 0) is 41.5 Å². The number of allylic oxidation sites excluding steroid dienone is 4. The Balaban J connectivity index is 0.000000252. The zero-order valence-electron chi connectivity index (χ0n) is 24.6. The fourth-order valence-electron chi connectivity index (χ4n) is 4.39. The van der Waals surface area contributed by atoms with Crippen LogP contribution in [0.5, 0.6) is 0 Å². The molecule has 36 heavy (non-hydrogen) atoms. The number of hydrogen-bond donors (Lipinski definition) is 0. The van der Waals surface area contributed by atoms with Crippen LogP contribution in [0.15, 0.2) is 48.6 Å². The molecule has 0 atom stereocenters. The zero-order valence-corrected chi connectivity index (χ0v) is 27.1. The van der Waals surface area contributed by atoms with Crippen LogP contribution >= 0.6 is 0 Å². The quantitative estimate of drug-likeness (QED) is 0.279. The van der Waals surface area contributed by atoms with Gasteiger partial charge in [-0.3, -0.25) is 6.08 Å². The van der Waals surface area contributed by atoms with E-state index in [1.165, 1.54) is 46.2 Å². The third kappa shape index (κ3) is 9.85. The molecular weight excluding hydrogens is 512 g/mol. The summed E-state index contributed by atoms with van der Waals surface area (Å²) < 4.78 is 1.75. The molecule has 0 bridgehead atoms. The Kier molecular flexibility index (Phi) is 11.6. The van der Waals surface area contributed by atoms with Gasteiger partial charge < -0.3 is 0 Å². The van der Waals surface area contributed by atoms with Gasteiger partial charge in [0.25, 0.3) is 0 Å².